The van der Waals surface area contributed by atoms with Crippen molar-refractivity contribution in [1.29, 1.82) is 0 Å². The van der Waals surface area contributed by atoms with E-state index in [4.69, 9.17) is 4.42 Å². The minimum Gasteiger partial charge on any atom is -0.453 e. The fourth-order valence-electron chi connectivity index (χ4n) is 9.07. The number of benzene rings is 9. The molecule has 0 aliphatic heterocycles. The van der Waals surface area contributed by atoms with Crippen molar-refractivity contribution >= 4 is 60.5 Å². The second-order valence-electron chi connectivity index (χ2n) is 15.3. The van der Waals surface area contributed by atoms with Crippen molar-refractivity contribution in [1.82, 2.24) is 0 Å². The maximum Gasteiger partial charge on any atom is 0.159 e. The Morgan fingerprint density at radius 2 is 1.05 bits per heavy atom. The van der Waals surface area contributed by atoms with Gasteiger partial charge >= 0.3 is 0 Å². The zero-order chi connectivity index (χ0) is 36.7. The Balaban J connectivity index is 1.17. The van der Waals surface area contributed by atoms with Crippen LogP contribution in [0.2, 0.25) is 0 Å². The van der Waals surface area contributed by atoms with Crippen LogP contribution < -0.4 is 4.90 Å². The largest absolute Gasteiger partial charge is 0.453 e. The summed E-state index contributed by atoms with van der Waals surface area (Å²) in [5.74, 6) is 0. The van der Waals surface area contributed by atoms with Crippen LogP contribution in [-0.2, 0) is 5.41 Å². The quantitative estimate of drug-likeness (QED) is 0.177. The molecule has 1 aliphatic carbocycles. The predicted octanol–water partition coefficient (Wildman–Crippen LogP) is 15.0. The molecule has 9 aromatic carbocycles. The molecule has 0 N–H and O–H groups in total. The number of para-hydroxylation sites is 1. The van der Waals surface area contributed by atoms with Gasteiger partial charge in [0, 0.05) is 33.1 Å². The second-order valence-corrected chi connectivity index (χ2v) is 15.3. The number of hydrogen-bond donors (Lipinski definition) is 0. The highest BCUT2D eigenvalue weighted by Crippen LogP contribution is 2.52. The predicted molar refractivity (Wildman–Crippen MR) is 232 cm³/mol. The number of rotatable bonds is 5. The second kappa shape index (κ2) is 12.1. The van der Waals surface area contributed by atoms with Crippen molar-refractivity contribution in [3.63, 3.8) is 0 Å². The molecule has 0 fully saturated rings. The summed E-state index contributed by atoms with van der Waals surface area (Å²) in [6.45, 7) is 4.69. The van der Waals surface area contributed by atoms with E-state index < -0.39 is 0 Å². The van der Waals surface area contributed by atoms with E-state index in [1.54, 1.807) is 0 Å². The molecule has 11 rings (SSSR count). The minimum atomic E-state index is -0.135. The van der Waals surface area contributed by atoms with Crippen molar-refractivity contribution in [3.05, 3.63) is 199 Å². The van der Waals surface area contributed by atoms with Gasteiger partial charge in [-0.05, 0) is 103 Å². The third-order valence-electron chi connectivity index (χ3n) is 11.8. The van der Waals surface area contributed by atoms with Crippen LogP contribution in [-0.4, -0.2) is 0 Å². The number of anilines is 3. The van der Waals surface area contributed by atoms with Crippen LogP contribution >= 0.6 is 0 Å². The van der Waals surface area contributed by atoms with Crippen LogP contribution in [0.1, 0.15) is 25.0 Å². The Morgan fingerprint density at radius 3 is 1.91 bits per heavy atom. The fourth-order valence-corrected chi connectivity index (χ4v) is 9.07. The Bertz CT molecular complexity index is 3110. The van der Waals surface area contributed by atoms with Gasteiger partial charge in [-0.3, -0.25) is 0 Å². The average Bonchev–Trinajstić information content (AvgIpc) is 3.74. The van der Waals surface area contributed by atoms with Crippen molar-refractivity contribution < 1.29 is 4.42 Å². The van der Waals surface area contributed by atoms with Gasteiger partial charge in [0.05, 0.1) is 5.69 Å². The van der Waals surface area contributed by atoms with E-state index >= 15 is 0 Å². The van der Waals surface area contributed by atoms with Crippen LogP contribution in [0.3, 0.4) is 0 Å². The Hall–Kier alpha value is -6.90. The van der Waals surface area contributed by atoms with Crippen LogP contribution in [0.5, 0.6) is 0 Å². The van der Waals surface area contributed by atoms with Crippen LogP contribution in [0, 0.1) is 0 Å². The summed E-state index contributed by atoms with van der Waals surface area (Å²) >= 11 is 0. The first kappa shape index (κ1) is 31.6. The summed E-state index contributed by atoms with van der Waals surface area (Å²) in [6, 6.07) is 68.3. The maximum atomic E-state index is 7.25. The van der Waals surface area contributed by atoms with Gasteiger partial charge in [-0.1, -0.05) is 159 Å². The zero-order valence-corrected chi connectivity index (χ0v) is 30.8. The van der Waals surface area contributed by atoms with E-state index in [-0.39, 0.29) is 5.41 Å². The molecule has 1 aliphatic rings. The van der Waals surface area contributed by atoms with Crippen LogP contribution in [0.15, 0.2) is 192 Å². The average molecular weight is 704 g/mol. The monoisotopic (exact) mass is 703 g/mol. The lowest BCUT2D eigenvalue weighted by molar-refractivity contribution is 0.660. The Kier molecular flexibility index (Phi) is 6.93. The third-order valence-corrected chi connectivity index (χ3v) is 11.8. The van der Waals surface area contributed by atoms with E-state index in [9.17, 15) is 0 Å². The Labute approximate surface area is 320 Å². The summed E-state index contributed by atoms with van der Waals surface area (Å²) in [5.41, 5.74) is 14.7. The van der Waals surface area contributed by atoms with E-state index in [0.717, 1.165) is 50.1 Å². The first-order valence-electron chi connectivity index (χ1n) is 19.1. The molecule has 260 valence electrons. The van der Waals surface area contributed by atoms with Crippen molar-refractivity contribution in [3.8, 4) is 33.4 Å². The highest BCUT2D eigenvalue weighted by Gasteiger charge is 2.36. The Morgan fingerprint density at radius 1 is 0.400 bits per heavy atom. The lowest BCUT2D eigenvalue weighted by Gasteiger charge is -2.28. The van der Waals surface area contributed by atoms with Gasteiger partial charge in [0.15, 0.2) is 5.58 Å². The fraction of sp³-hybridized carbons (Fsp3) is 0.0566. The number of hydrogen-bond acceptors (Lipinski definition) is 2. The summed E-state index contributed by atoms with van der Waals surface area (Å²) < 4.78 is 7.25. The molecule has 0 unspecified atom stereocenters. The number of furan rings is 1. The first-order chi connectivity index (χ1) is 27.0. The van der Waals surface area contributed by atoms with Gasteiger partial charge in [-0.2, -0.15) is 0 Å². The van der Waals surface area contributed by atoms with Crippen molar-refractivity contribution in [2.24, 2.45) is 0 Å². The topological polar surface area (TPSA) is 16.4 Å². The number of nitrogens with zero attached hydrogens (tertiary/aromatic N) is 1. The highest BCUT2D eigenvalue weighted by molar-refractivity contribution is 6.24. The molecule has 0 bridgehead atoms. The SMILES string of the molecule is CC1(C)c2ccccc2-c2ccc(N(c3ccc(-c4ccccc4)cc3)c3cccc4c3oc3c(-c5ccc6ccccc6c5)cc5ccccc5c34)cc21. The molecule has 0 radical (unpaired) electrons. The highest BCUT2D eigenvalue weighted by atomic mass is 16.3. The standard InChI is InChI=1S/C53H37NO/c1-53(2)47-21-11-10-19-43(47)44-30-29-41(33-48(44)53)54(40-27-25-36(26-28-40)34-13-4-3-5-14-34)49-22-12-20-45-50-42-18-9-8-17-38(42)32-46(52(50)55-51(45)49)39-24-23-35-15-6-7-16-37(35)31-39/h3-33H,1-2H3. The molecule has 10 aromatic rings. The molecule has 0 amide bonds. The summed E-state index contributed by atoms with van der Waals surface area (Å²) in [5, 5.41) is 7.07. The van der Waals surface area contributed by atoms with E-state index in [0.29, 0.717) is 0 Å². The molecule has 1 aromatic heterocycles. The smallest absolute Gasteiger partial charge is 0.159 e. The molecule has 2 heteroatoms. The van der Waals surface area contributed by atoms with Gasteiger partial charge in [0.2, 0.25) is 0 Å². The number of fused-ring (bicyclic) bond motifs is 9. The van der Waals surface area contributed by atoms with Crippen molar-refractivity contribution in [2.45, 2.75) is 19.3 Å². The third kappa shape index (κ3) is 4.88. The summed E-state index contributed by atoms with van der Waals surface area (Å²) in [6.07, 6.45) is 0. The van der Waals surface area contributed by atoms with Crippen molar-refractivity contribution in [2.75, 3.05) is 4.90 Å². The van der Waals surface area contributed by atoms with Gasteiger partial charge in [0.25, 0.3) is 0 Å². The molecule has 0 saturated heterocycles. The van der Waals surface area contributed by atoms with E-state index in [1.807, 2.05) is 0 Å². The minimum absolute atomic E-state index is 0.135. The van der Waals surface area contributed by atoms with Gasteiger partial charge in [0.1, 0.15) is 5.58 Å². The molecule has 0 atom stereocenters. The first-order valence-corrected chi connectivity index (χ1v) is 19.1. The maximum absolute atomic E-state index is 7.25. The zero-order valence-electron chi connectivity index (χ0n) is 30.8. The molecule has 2 nitrogen and oxygen atoms in total. The van der Waals surface area contributed by atoms with E-state index in [2.05, 4.69) is 207 Å². The van der Waals surface area contributed by atoms with E-state index in [1.165, 1.54) is 54.9 Å². The van der Waals surface area contributed by atoms with Crippen LogP contribution in [0.25, 0.3) is 76.9 Å². The lowest BCUT2D eigenvalue weighted by atomic mass is 9.82. The molecular formula is C53H37NO. The molecule has 0 saturated carbocycles. The van der Waals surface area contributed by atoms with Crippen LogP contribution in [0.4, 0.5) is 17.1 Å². The molecule has 55 heavy (non-hydrogen) atoms. The molecule has 0 spiro atoms. The lowest BCUT2D eigenvalue weighted by Crippen LogP contribution is -2.16. The molecular weight excluding hydrogens is 667 g/mol. The van der Waals surface area contributed by atoms with Gasteiger partial charge in [-0.15, -0.1) is 0 Å². The molecule has 1 heterocycles. The summed E-state index contributed by atoms with van der Waals surface area (Å²) in [4.78, 5) is 2.39. The van der Waals surface area contributed by atoms with Gasteiger partial charge < -0.3 is 9.32 Å². The normalized spacial score (nSPS) is 13.1. The summed E-state index contributed by atoms with van der Waals surface area (Å²) in [7, 11) is 0. The van der Waals surface area contributed by atoms with Gasteiger partial charge in [-0.25, -0.2) is 0 Å².